The van der Waals surface area contributed by atoms with E-state index in [0.717, 1.165) is 9.45 Å². The molecule has 0 fully saturated rings. The van der Waals surface area contributed by atoms with Gasteiger partial charge in [0.05, 0.1) is 25.9 Å². The molecule has 0 unspecified atom stereocenters. The zero-order valence-corrected chi connectivity index (χ0v) is 18.9. The van der Waals surface area contributed by atoms with Crippen molar-refractivity contribution in [3.63, 3.8) is 0 Å². The second-order valence-corrected chi connectivity index (χ2v) is 8.20. The van der Waals surface area contributed by atoms with Crippen LogP contribution >= 0.6 is 33.9 Å². The average molecular weight is 527 g/mol. The summed E-state index contributed by atoms with van der Waals surface area (Å²) in [6.07, 6.45) is 1.75. The minimum atomic E-state index is -0.0997. The minimum Gasteiger partial charge on any atom is -0.493 e. The highest BCUT2D eigenvalue weighted by Crippen LogP contribution is 2.41. The maximum absolute atomic E-state index is 12.9. The summed E-state index contributed by atoms with van der Waals surface area (Å²) in [5.74, 6) is 2.26. The number of anilines is 1. The monoisotopic (exact) mass is 527 g/mol. The van der Waals surface area contributed by atoms with E-state index < -0.39 is 0 Å². The van der Waals surface area contributed by atoms with Crippen molar-refractivity contribution in [3.8, 4) is 17.2 Å². The number of aromatic nitrogens is 1. The molecule has 1 aliphatic heterocycles. The van der Waals surface area contributed by atoms with Crippen molar-refractivity contribution in [1.82, 2.24) is 4.57 Å². The highest BCUT2D eigenvalue weighted by molar-refractivity contribution is 14.1. The molecule has 152 valence electrons. The summed E-state index contributed by atoms with van der Waals surface area (Å²) >= 11 is 3.45. The van der Waals surface area contributed by atoms with Gasteiger partial charge in [-0.1, -0.05) is 11.3 Å². The van der Waals surface area contributed by atoms with Gasteiger partial charge >= 0.3 is 0 Å². The number of rotatable bonds is 5. The van der Waals surface area contributed by atoms with Gasteiger partial charge in [-0.2, -0.15) is 0 Å². The molecule has 29 heavy (non-hydrogen) atoms. The predicted octanol–water partition coefficient (Wildman–Crippen LogP) is 2.02. The number of benzene rings is 1. The van der Waals surface area contributed by atoms with E-state index in [1.165, 1.54) is 11.3 Å². The predicted molar refractivity (Wildman–Crippen MR) is 118 cm³/mol. The highest BCUT2D eigenvalue weighted by atomic mass is 127. The third kappa shape index (κ3) is 3.73. The van der Waals surface area contributed by atoms with Crippen molar-refractivity contribution in [2.75, 3.05) is 32.9 Å². The third-order valence-corrected chi connectivity index (χ3v) is 6.08. The normalized spacial score (nSPS) is 13.8. The SMILES string of the molecule is COc1cc(N2CN=c3sc(=Cc4ccc(I)o4)c(=O)n3C2)cc(OC)c1OC. The van der Waals surface area contributed by atoms with Crippen LogP contribution in [-0.4, -0.2) is 32.6 Å². The maximum Gasteiger partial charge on any atom is 0.271 e. The van der Waals surface area contributed by atoms with Crippen LogP contribution in [0.2, 0.25) is 0 Å². The first kappa shape index (κ1) is 19.8. The lowest BCUT2D eigenvalue weighted by molar-refractivity contribution is 0.324. The number of furan rings is 1. The van der Waals surface area contributed by atoms with Crippen LogP contribution in [0, 0.1) is 3.77 Å². The van der Waals surface area contributed by atoms with Crippen molar-refractivity contribution in [1.29, 1.82) is 0 Å². The Kier molecular flexibility index (Phi) is 5.54. The Hall–Kier alpha value is -2.47. The lowest BCUT2D eigenvalue weighted by Crippen LogP contribution is -2.42. The van der Waals surface area contributed by atoms with Crippen LogP contribution in [0.25, 0.3) is 6.08 Å². The van der Waals surface area contributed by atoms with Crippen molar-refractivity contribution in [3.05, 3.63) is 53.5 Å². The Labute approximate surface area is 183 Å². The summed E-state index contributed by atoms with van der Waals surface area (Å²) in [6.45, 7) is 0.785. The highest BCUT2D eigenvalue weighted by Gasteiger charge is 2.20. The molecule has 4 rings (SSSR count). The van der Waals surface area contributed by atoms with Crippen LogP contribution < -0.4 is 34.0 Å². The first-order valence-electron chi connectivity index (χ1n) is 8.60. The van der Waals surface area contributed by atoms with E-state index in [4.69, 9.17) is 18.6 Å². The molecule has 0 radical (unpaired) electrons. The second-order valence-electron chi connectivity index (χ2n) is 6.13. The number of nitrogens with zero attached hydrogens (tertiary/aromatic N) is 3. The number of fused-ring (bicyclic) bond motifs is 1. The van der Waals surface area contributed by atoms with E-state index in [0.29, 0.717) is 45.7 Å². The van der Waals surface area contributed by atoms with Crippen LogP contribution in [0.1, 0.15) is 5.76 Å². The third-order valence-electron chi connectivity index (χ3n) is 4.46. The Morgan fingerprint density at radius 3 is 2.48 bits per heavy atom. The molecular formula is C19H18IN3O5S. The standard InChI is InChI=1S/C19H18IN3O5S/c1-25-13-6-11(7-14(26-2)17(13)27-3)22-9-21-19-23(10-22)18(24)15(29-19)8-12-4-5-16(20)28-12/h4-8H,9-10H2,1-3H3. The molecule has 0 N–H and O–H groups in total. The van der Waals surface area contributed by atoms with Crippen LogP contribution in [0.5, 0.6) is 17.2 Å². The molecule has 8 nitrogen and oxygen atoms in total. The van der Waals surface area contributed by atoms with Gasteiger partial charge in [0.25, 0.3) is 5.56 Å². The molecule has 2 aromatic heterocycles. The summed E-state index contributed by atoms with van der Waals surface area (Å²) in [5.41, 5.74) is 0.718. The topological polar surface area (TPSA) is 78.4 Å². The van der Waals surface area contributed by atoms with E-state index in [9.17, 15) is 4.79 Å². The first-order valence-corrected chi connectivity index (χ1v) is 10.5. The molecule has 0 atom stereocenters. The lowest BCUT2D eigenvalue weighted by atomic mass is 10.2. The van der Waals surface area contributed by atoms with Gasteiger partial charge in [0, 0.05) is 23.9 Å². The van der Waals surface area contributed by atoms with Gasteiger partial charge in [-0.25, -0.2) is 4.99 Å². The molecule has 0 bridgehead atoms. The molecule has 0 spiro atoms. The van der Waals surface area contributed by atoms with Gasteiger partial charge in [0.15, 0.2) is 20.1 Å². The van der Waals surface area contributed by atoms with Crippen molar-refractivity contribution in [2.24, 2.45) is 4.99 Å². The fourth-order valence-corrected chi connectivity index (χ4v) is 4.44. The van der Waals surface area contributed by atoms with Gasteiger partial charge in [-0.05, 0) is 34.7 Å². The van der Waals surface area contributed by atoms with Gasteiger partial charge in [-0.15, -0.1) is 0 Å². The summed E-state index contributed by atoms with van der Waals surface area (Å²) < 4.78 is 24.8. The zero-order valence-electron chi connectivity index (χ0n) is 16.0. The second kappa shape index (κ2) is 8.11. The maximum atomic E-state index is 12.9. The van der Waals surface area contributed by atoms with Crippen LogP contribution in [-0.2, 0) is 6.67 Å². The van der Waals surface area contributed by atoms with E-state index >= 15 is 0 Å². The van der Waals surface area contributed by atoms with Crippen LogP contribution in [0.3, 0.4) is 0 Å². The number of thiazole rings is 1. The molecule has 3 aromatic rings. The Bertz CT molecular complexity index is 1200. The zero-order chi connectivity index (χ0) is 20.5. The van der Waals surface area contributed by atoms with Crippen LogP contribution in [0.4, 0.5) is 5.69 Å². The smallest absolute Gasteiger partial charge is 0.271 e. The number of ether oxygens (including phenoxy) is 3. The molecule has 0 saturated heterocycles. The summed E-state index contributed by atoms with van der Waals surface area (Å²) in [5, 5.41) is 0. The van der Waals surface area contributed by atoms with E-state index in [1.54, 1.807) is 32.0 Å². The minimum absolute atomic E-state index is 0.0997. The van der Waals surface area contributed by atoms with E-state index in [-0.39, 0.29) is 5.56 Å². The van der Waals surface area contributed by atoms with Crippen molar-refractivity contribution < 1.29 is 18.6 Å². The molecule has 0 aliphatic carbocycles. The summed E-state index contributed by atoms with van der Waals surface area (Å²) in [7, 11) is 4.70. The fourth-order valence-electron chi connectivity index (χ4n) is 3.06. The number of hydrogen-bond acceptors (Lipinski definition) is 8. The quantitative estimate of drug-likeness (QED) is 0.473. The number of hydrogen-bond donors (Lipinski definition) is 0. The lowest BCUT2D eigenvalue weighted by Gasteiger charge is -2.27. The van der Waals surface area contributed by atoms with E-state index in [2.05, 4.69) is 27.6 Å². The van der Waals surface area contributed by atoms with Gasteiger partial charge in [0.1, 0.15) is 19.1 Å². The average Bonchev–Trinajstić information content (AvgIpc) is 3.29. The molecule has 0 saturated carbocycles. The first-order chi connectivity index (χ1) is 14.0. The Morgan fingerprint density at radius 2 is 1.90 bits per heavy atom. The van der Waals surface area contributed by atoms with Gasteiger partial charge in [0.2, 0.25) is 5.75 Å². The van der Waals surface area contributed by atoms with Crippen molar-refractivity contribution in [2.45, 2.75) is 6.67 Å². The number of halogens is 1. The van der Waals surface area contributed by atoms with Gasteiger partial charge < -0.3 is 23.5 Å². The fraction of sp³-hybridized carbons (Fsp3) is 0.263. The van der Waals surface area contributed by atoms with Crippen molar-refractivity contribution >= 4 is 45.7 Å². The van der Waals surface area contributed by atoms with Crippen LogP contribution in [0.15, 0.2) is 38.5 Å². The van der Waals surface area contributed by atoms with E-state index in [1.807, 2.05) is 29.2 Å². The molecule has 1 aromatic carbocycles. The Balaban J connectivity index is 1.71. The summed E-state index contributed by atoms with van der Waals surface area (Å²) in [6, 6.07) is 7.38. The molecule has 0 amide bonds. The number of methoxy groups -OCH3 is 3. The molecule has 1 aliphatic rings. The molecule has 10 heteroatoms. The summed E-state index contributed by atoms with van der Waals surface area (Å²) in [4.78, 5) is 20.1. The molecule has 3 heterocycles. The Morgan fingerprint density at radius 1 is 1.17 bits per heavy atom. The largest absolute Gasteiger partial charge is 0.493 e. The van der Waals surface area contributed by atoms with Gasteiger partial charge in [-0.3, -0.25) is 9.36 Å². The molecular weight excluding hydrogens is 509 g/mol.